The summed E-state index contributed by atoms with van der Waals surface area (Å²) in [6, 6.07) is 9.63. The molecule has 2 amide bonds. The van der Waals surface area contributed by atoms with Gasteiger partial charge in [0.1, 0.15) is 0 Å². The molecular weight excluding hydrogens is 312 g/mol. The van der Waals surface area contributed by atoms with Crippen LogP contribution < -0.4 is 10.6 Å². The van der Waals surface area contributed by atoms with Crippen LogP contribution in [0.5, 0.6) is 0 Å². The lowest BCUT2D eigenvalue weighted by molar-refractivity contribution is 0.231. The minimum Gasteiger partial charge on any atom is -0.337 e. The number of carbonyl (C=O) groups is 1. The van der Waals surface area contributed by atoms with E-state index < -0.39 is 14.6 Å². The third-order valence-corrected chi connectivity index (χ3v) is 7.18. The zero-order chi connectivity index (χ0) is 17.1. The fraction of sp³-hybridized carbons (Fsp3) is 0.588. The molecule has 1 aromatic rings. The lowest BCUT2D eigenvalue weighted by Gasteiger charge is -2.40. The van der Waals surface area contributed by atoms with E-state index in [0.717, 1.165) is 12.0 Å². The van der Waals surface area contributed by atoms with Gasteiger partial charge in [-0.15, -0.1) is 0 Å². The van der Waals surface area contributed by atoms with Crippen LogP contribution in [0.2, 0.25) is 0 Å². The van der Waals surface area contributed by atoms with Crippen LogP contribution in [0.4, 0.5) is 4.79 Å². The van der Waals surface area contributed by atoms with Crippen molar-refractivity contribution >= 4 is 15.9 Å². The van der Waals surface area contributed by atoms with Crippen molar-refractivity contribution in [1.29, 1.82) is 0 Å². The third-order valence-electron chi connectivity index (χ3n) is 5.06. The van der Waals surface area contributed by atoms with Gasteiger partial charge in [-0.2, -0.15) is 0 Å². The number of amides is 2. The molecule has 1 aromatic carbocycles. The second-order valence-electron chi connectivity index (χ2n) is 6.62. The predicted octanol–water partition coefficient (Wildman–Crippen LogP) is 2.45. The van der Waals surface area contributed by atoms with Crippen LogP contribution in [0.25, 0.3) is 0 Å². The molecule has 0 spiro atoms. The highest BCUT2D eigenvalue weighted by Gasteiger charge is 2.46. The molecular formula is C17H26N2O3S. The normalized spacial score (nSPS) is 19.3. The van der Waals surface area contributed by atoms with Gasteiger partial charge in [-0.1, -0.05) is 43.7 Å². The molecule has 0 radical (unpaired) electrons. The summed E-state index contributed by atoms with van der Waals surface area (Å²) in [7, 11) is -3.15. The third kappa shape index (κ3) is 4.05. The molecule has 1 aliphatic carbocycles. The van der Waals surface area contributed by atoms with Crippen molar-refractivity contribution in [3.05, 3.63) is 35.9 Å². The Morgan fingerprint density at radius 1 is 1.22 bits per heavy atom. The Hall–Kier alpha value is -1.56. The molecule has 0 saturated heterocycles. The van der Waals surface area contributed by atoms with Crippen LogP contribution in [-0.4, -0.2) is 38.0 Å². The zero-order valence-electron chi connectivity index (χ0n) is 14.0. The fourth-order valence-corrected chi connectivity index (χ4v) is 4.28. The number of hydrogen-bond donors (Lipinski definition) is 2. The molecule has 6 heteroatoms. The molecule has 5 nitrogen and oxygen atoms in total. The Morgan fingerprint density at radius 2 is 1.83 bits per heavy atom. The van der Waals surface area contributed by atoms with Crippen LogP contribution >= 0.6 is 0 Å². The predicted molar refractivity (Wildman–Crippen MR) is 92.3 cm³/mol. The Balaban J connectivity index is 1.87. The molecule has 0 aliphatic heterocycles. The number of urea groups is 1. The Labute approximate surface area is 138 Å². The molecule has 1 aliphatic rings. The van der Waals surface area contributed by atoms with E-state index in [0.29, 0.717) is 12.8 Å². The van der Waals surface area contributed by atoms with E-state index in [1.165, 1.54) is 6.26 Å². The summed E-state index contributed by atoms with van der Waals surface area (Å²) < 4.78 is 23.0. The first-order valence-corrected chi connectivity index (χ1v) is 9.93. The van der Waals surface area contributed by atoms with Crippen molar-refractivity contribution in [2.24, 2.45) is 0 Å². The number of sulfone groups is 1. The maximum Gasteiger partial charge on any atom is 0.315 e. The molecule has 2 rings (SSSR count). The van der Waals surface area contributed by atoms with Crippen LogP contribution in [0.3, 0.4) is 0 Å². The number of benzene rings is 1. The number of carbonyl (C=O) groups excluding carboxylic acids is 1. The van der Waals surface area contributed by atoms with Gasteiger partial charge in [-0.3, -0.25) is 0 Å². The van der Waals surface area contributed by atoms with E-state index in [-0.39, 0.29) is 24.5 Å². The average Bonchev–Trinajstić information content (AvgIpc) is 2.44. The van der Waals surface area contributed by atoms with E-state index in [1.54, 1.807) is 0 Å². The molecule has 0 heterocycles. The standard InChI is InChI=1S/C17H26N2O3S/c1-13(15-8-5-4-6-9-15)14(2)19-16(20)18-12-17(10-7-11-17)23(3,21)22/h4-6,8-9,13-14H,7,10-12H2,1-3H3,(H2,18,19,20)/t13-,14+/m0/s1. The minimum atomic E-state index is -3.15. The molecule has 0 bridgehead atoms. The second-order valence-corrected chi connectivity index (χ2v) is 9.03. The van der Waals surface area contributed by atoms with Crippen molar-refractivity contribution in [2.45, 2.75) is 49.8 Å². The summed E-state index contributed by atoms with van der Waals surface area (Å²) in [5, 5.41) is 5.65. The van der Waals surface area contributed by atoms with Crippen molar-refractivity contribution in [2.75, 3.05) is 12.8 Å². The molecule has 0 aromatic heterocycles. The van der Waals surface area contributed by atoms with Crippen LogP contribution in [0.1, 0.15) is 44.6 Å². The van der Waals surface area contributed by atoms with Gasteiger partial charge < -0.3 is 10.6 Å². The van der Waals surface area contributed by atoms with E-state index >= 15 is 0 Å². The molecule has 2 atom stereocenters. The summed E-state index contributed by atoms with van der Waals surface area (Å²) >= 11 is 0. The van der Waals surface area contributed by atoms with Crippen LogP contribution in [0, 0.1) is 0 Å². The van der Waals surface area contributed by atoms with Gasteiger partial charge in [-0.05, 0) is 25.3 Å². The first kappa shape index (κ1) is 17.8. The van der Waals surface area contributed by atoms with Gasteiger partial charge >= 0.3 is 6.03 Å². The van der Waals surface area contributed by atoms with E-state index in [4.69, 9.17) is 0 Å². The maximum absolute atomic E-state index is 12.1. The minimum absolute atomic E-state index is 0.0482. The van der Waals surface area contributed by atoms with Gasteiger partial charge in [0.2, 0.25) is 0 Å². The zero-order valence-corrected chi connectivity index (χ0v) is 14.8. The summed E-state index contributed by atoms with van der Waals surface area (Å²) in [5.74, 6) is 0.175. The molecule has 2 N–H and O–H groups in total. The van der Waals surface area contributed by atoms with E-state index in [1.807, 2.05) is 37.3 Å². The lowest BCUT2D eigenvalue weighted by atomic mass is 9.84. The topological polar surface area (TPSA) is 75.3 Å². The van der Waals surface area contributed by atoms with Gasteiger partial charge in [0.05, 0.1) is 4.75 Å². The quantitative estimate of drug-likeness (QED) is 0.836. The number of nitrogens with one attached hydrogen (secondary N) is 2. The first-order chi connectivity index (χ1) is 10.8. The summed E-state index contributed by atoms with van der Waals surface area (Å²) in [6.07, 6.45) is 3.41. The molecule has 1 fully saturated rings. The van der Waals surface area contributed by atoms with Gasteiger partial charge in [-0.25, -0.2) is 13.2 Å². The summed E-state index contributed by atoms with van der Waals surface area (Å²) in [5.41, 5.74) is 1.16. The van der Waals surface area contributed by atoms with E-state index in [2.05, 4.69) is 17.6 Å². The maximum atomic E-state index is 12.1. The number of rotatable bonds is 6. The van der Waals surface area contributed by atoms with Crippen molar-refractivity contribution in [3.8, 4) is 0 Å². The monoisotopic (exact) mass is 338 g/mol. The second kappa shape index (κ2) is 6.91. The van der Waals surface area contributed by atoms with Crippen molar-refractivity contribution in [3.63, 3.8) is 0 Å². The Bertz CT molecular complexity index is 639. The highest BCUT2D eigenvalue weighted by atomic mass is 32.2. The van der Waals surface area contributed by atoms with Gasteiger partial charge in [0.25, 0.3) is 0 Å². The van der Waals surface area contributed by atoms with Crippen molar-refractivity contribution < 1.29 is 13.2 Å². The largest absolute Gasteiger partial charge is 0.337 e. The highest BCUT2D eigenvalue weighted by Crippen LogP contribution is 2.38. The molecule has 128 valence electrons. The SMILES string of the molecule is C[C@H](c1ccccc1)[C@@H](C)NC(=O)NCC1(S(C)(=O)=O)CCC1. The molecule has 0 unspecified atom stereocenters. The van der Waals surface area contributed by atoms with Crippen LogP contribution in [-0.2, 0) is 9.84 Å². The Kier molecular flexibility index (Phi) is 5.34. The molecule has 23 heavy (non-hydrogen) atoms. The average molecular weight is 338 g/mol. The summed E-state index contributed by atoms with van der Waals surface area (Å²) in [6.45, 7) is 4.20. The first-order valence-electron chi connectivity index (χ1n) is 8.04. The van der Waals surface area contributed by atoms with Gasteiger partial charge in [0, 0.05) is 24.8 Å². The fourth-order valence-electron chi connectivity index (χ4n) is 2.92. The van der Waals surface area contributed by atoms with Gasteiger partial charge in [0.15, 0.2) is 9.84 Å². The van der Waals surface area contributed by atoms with Crippen molar-refractivity contribution in [1.82, 2.24) is 10.6 Å². The summed E-state index contributed by atoms with van der Waals surface area (Å²) in [4.78, 5) is 12.1. The van der Waals surface area contributed by atoms with E-state index in [9.17, 15) is 13.2 Å². The smallest absolute Gasteiger partial charge is 0.315 e. The highest BCUT2D eigenvalue weighted by molar-refractivity contribution is 7.92. The molecule has 1 saturated carbocycles. The number of hydrogen-bond acceptors (Lipinski definition) is 3. The van der Waals surface area contributed by atoms with Crippen LogP contribution in [0.15, 0.2) is 30.3 Å². The lowest BCUT2D eigenvalue weighted by Crippen LogP contribution is -2.55. The Morgan fingerprint density at radius 3 is 2.30 bits per heavy atom.